The first-order valence-electron chi connectivity index (χ1n) is 7.38. The van der Waals surface area contributed by atoms with Gasteiger partial charge in [-0.25, -0.2) is 8.42 Å². The van der Waals surface area contributed by atoms with Crippen LogP contribution in [0.15, 0.2) is 23.1 Å². The van der Waals surface area contributed by atoms with Crippen molar-refractivity contribution in [3.8, 4) is 5.75 Å². The predicted molar refractivity (Wildman–Crippen MR) is 84.9 cm³/mol. The zero-order valence-corrected chi connectivity index (χ0v) is 14.4. The number of hydrogen-bond donors (Lipinski definition) is 1. The van der Waals surface area contributed by atoms with Gasteiger partial charge in [-0.2, -0.15) is 4.72 Å². The van der Waals surface area contributed by atoms with Crippen molar-refractivity contribution in [2.75, 3.05) is 33.4 Å². The first kappa shape index (κ1) is 17.7. The SMILES string of the molecule is COc1ccc(S(=O)(=O)N[C@@H](C)C(=O)N2CCOCC2)c(C)c1. The van der Waals surface area contributed by atoms with Gasteiger partial charge in [-0.1, -0.05) is 0 Å². The van der Waals surface area contributed by atoms with Gasteiger partial charge in [0.05, 0.1) is 31.3 Å². The Balaban J connectivity index is 2.12. The lowest BCUT2D eigenvalue weighted by Crippen LogP contribution is -2.50. The molecule has 1 saturated heterocycles. The van der Waals surface area contributed by atoms with Crippen LogP contribution in [0.3, 0.4) is 0 Å². The third-order valence-corrected chi connectivity index (χ3v) is 5.40. The summed E-state index contributed by atoms with van der Waals surface area (Å²) in [7, 11) is -2.27. The van der Waals surface area contributed by atoms with Gasteiger partial charge in [0.25, 0.3) is 0 Å². The number of nitrogens with one attached hydrogen (secondary N) is 1. The van der Waals surface area contributed by atoms with Crippen LogP contribution in [0.25, 0.3) is 0 Å². The van der Waals surface area contributed by atoms with Crippen LogP contribution >= 0.6 is 0 Å². The van der Waals surface area contributed by atoms with E-state index in [4.69, 9.17) is 9.47 Å². The summed E-state index contributed by atoms with van der Waals surface area (Å²) in [6.45, 7) is 5.14. The van der Waals surface area contributed by atoms with Gasteiger partial charge in [0, 0.05) is 13.1 Å². The Morgan fingerprint density at radius 1 is 1.35 bits per heavy atom. The highest BCUT2D eigenvalue weighted by atomic mass is 32.2. The van der Waals surface area contributed by atoms with E-state index in [-0.39, 0.29) is 10.8 Å². The maximum Gasteiger partial charge on any atom is 0.241 e. The third-order valence-electron chi connectivity index (χ3n) is 3.70. The van der Waals surface area contributed by atoms with E-state index < -0.39 is 16.1 Å². The van der Waals surface area contributed by atoms with Crippen molar-refractivity contribution in [2.24, 2.45) is 0 Å². The highest BCUT2D eigenvalue weighted by molar-refractivity contribution is 7.89. The fourth-order valence-corrected chi connectivity index (χ4v) is 3.88. The monoisotopic (exact) mass is 342 g/mol. The number of carbonyl (C=O) groups is 1. The summed E-state index contributed by atoms with van der Waals surface area (Å²) in [4.78, 5) is 14.1. The summed E-state index contributed by atoms with van der Waals surface area (Å²) < 4.78 is 37.7. The average Bonchev–Trinajstić information content (AvgIpc) is 2.54. The highest BCUT2D eigenvalue weighted by Gasteiger charge is 2.27. The Labute approximate surface area is 136 Å². The lowest BCUT2D eigenvalue weighted by Gasteiger charge is -2.29. The molecular weight excluding hydrogens is 320 g/mol. The van der Waals surface area contributed by atoms with E-state index in [0.29, 0.717) is 37.6 Å². The number of carbonyl (C=O) groups excluding carboxylic acids is 1. The molecule has 1 aromatic rings. The number of benzene rings is 1. The van der Waals surface area contributed by atoms with Crippen molar-refractivity contribution < 1.29 is 22.7 Å². The molecule has 1 aliphatic rings. The van der Waals surface area contributed by atoms with Crippen LogP contribution in [-0.4, -0.2) is 58.7 Å². The molecule has 0 unspecified atom stereocenters. The highest BCUT2D eigenvalue weighted by Crippen LogP contribution is 2.21. The van der Waals surface area contributed by atoms with Crippen LogP contribution in [0, 0.1) is 6.92 Å². The van der Waals surface area contributed by atoms with E-state index in [9.17, 15) is 13.2 Å². The number of morpholine rings is 1. The summed E-state index contributed by atoms with van der Waals surface area (Å²) in [5.74, 6) is 0.335. The summed E-state index contributed by atoms with van der Waals surface area (Å²) in [6.07, 6.45) is 0. The molecule has 1 aliphatic heterocycles. The van der Waals surface area contributed by atoms with Crippen LogP contribution in [0.2, 0.25) is 0 Å². The number of ether oxygens (including phenoxy) is 2. The smallest absolute Gasteiger partial charge is 0.241 e. The summed E-state index contributed by atoms with van der Waals surface area (Å²) in [5.41, 5.74) is 0.558. The maximum absolute atomic E-state index is 12.5. The van der Waals surface area contributed by atoms with Gasteiger partial charge in [0.1, 0.15) is 5.75 Å². The number of aryl methyl sites for hydroxylation is 1. The number of methoxy groups -OCH3 is 1. The first-order chi connectivity index (χ1) is 10.8. The molecule has 1 aromatic carbocycles. The molecule has 1 fully saturated rings. The van der Waals surface area contributed by atoms with Gasteiger partial charge >= 0.3 is 0 Å². The molecule has 0 aliphatic carbocycles. The molecule has 1 N–H and O–H groups in total. The fraction of sp³-hybridized carbons (Fsp3) is 0.533. The van der Waals surface area contributed by atoms with E-state index in [2.05, 4.69) is 4.72 Å². The number of rotatable bonds is 5. The Morgan fingerprint density at radius 2 is 2.00 bits per heavy atom. The van der Waals surface area contributed by atoms with Crippen molar-refractivity contribution >= 4 is 15.9 Å². The molecule has 0 saturated carbocycles. The van der Waals surface area contributed by atoms with Crippen LogP contribution in [0.4, 0.5) is 0 Å². The van der Waals surface area contributed by atoms with Crippen LogP contribution < -0.4 is 9.46 Å². The van der Waals surface area contributed by atoms with Crippen LogP contribution in [0.1, 0.15) is 12.5 Å². The second-order valence-corrected chi connectivity index (χ2v) is 7.09. The Kier molecular flexibility index (Phi) is 5.61. The molecule has 1 amide bonds. The summed E-state index contributed by atoms with van der Waals surface area (Å²) in [6, 6.07) is 3.86. The van der Waals surface area contributed by atoms with E-state index in [1.165, 1.54) is 13.2 Å². The first-order valence-corrected chi connectivity index (χ1v) is 8.87. The number of amides is 1. The van der Waals surface area contributed by atoms with Gasteiger partial charge in [-0.3, -0.25) is 4.79 Å². The number of nitrogens with zero attached hydrogens (tertiary/aromatic N) is 1. The standard InChI is InChI=1S/C15H22N2O5S/c1-11-10-13(21-3)4-5-14(11)23(19,20)16-12(2)15(18)17-6-8-22-9-7-17/h4-5,10,12,16H,6-9H2,1-3H3/t12-/m0/s1. The van der Waals surface area contributed by atoms with E-state index >= 15 is 0 Å². The van der Waals surface area contributed by atoms with Crippen LogP contribution in [-0.2, 0) is 19.6 Å². The van der Waals surface area contributed by atoms with Gasteiger partial charge < -0.3 is 14.4 Å². The summed E-state index contributed by atoms with van der Waals surface area (Å²) in [5, 5.41) is 0. The molecule has 23 heavy (non-hydrogen) atoms. The largest absolute Gasteiger partial charge is 0.497 e. The Bertz CT molecular complexity index is 668. The van der Waals surface area contributed by atoms with Gasteiger partial charge in [0.15, 0.2) is 0 Å². The Hall–Kier alpha value is -1.64. The molecule has 1 atom stereocenters. The molecule has 0 radical (unpaired) electrons. The molecule has 7 nitrogen and oxygen atoms in total. The molecular formula is C15H22N2O5S. The summed E-state index contributed by atoms with van der Waals surface area (Å²) >= 11 is 0. The second-order valence-electron chi connectivity index (χ2n) is 5.41. The van der Waals surface area contributed by atoms with E-state index in [1.807, 2.05) is 0 Å². The van der Waals surface area contributed by atoms with Gasteiger partial charge in [0.2, 0.25) is 15.9 Å². The lowest BCUT2D eigenvalue weighted by molar-refractivity contribution is -0.136. The number of hydrogen-bond acceptors (Lipinski definition) is 5. The molecule has 128 valence electrons. The van der Waals surface area contributed by atoms with Crippen molar-refractivity contribution in [2.45, 2.75) is 24.8 Å². The minimum absolute atomic E-state index is 0.139. The lowest BCUT2D eigenvalue weighted by atomic mass is 10.2. The van der Waals surface area contributed by atoms with Crippen molar-refractivity contribution in [3.63, 3.8) is 0 Å². The minimum Gasteiger partial charge on any atom is -0.497 e. The van der Waals surface area contributed by atoms with Gasteiger partial charge in [-0.15, -0.1) is 0 Å². The van der Waals surface area contributed by atoms with E-state index in [1.54, 1.807) is 30.9 Å². The zero-order chi connectivity index (χ0) is 17.0. The maximum atomic E-state index is 12.5. The molecule has 2 rings (SSSR count). The van der Waals surface area contributed by atoms with Gasteiger partial charge in [-0.05, 0) is 37.6 Å². The molecule has 8 heteroatoms. The molecule has 1 heterocycles. The predicted octanol–water partition coefficient (Wildman–Crippen LogP) is 0.529. The van der Waals surface area contributed by atoms with Crippen molar-refractivity contribution in [1.29, 1.82) is 0 Å². The zero-order valence-electron chi connectivity index (χ0n) is 13.5. The van der Waals surface area contributed by atoms with E-state index in [0.717, 1.165) is 0 Å². The normalized spacial score (nSPS) is 16.9. The quantitative estimate of drug-likeness (QED) is 0.844. The molecule has 0 spiro atoms. The fourth-order valence-electron chi connectivity index (χ4n) is 2.45. The molecule has 0 aromatic heterocycles. The van der Waals surface area contributed by atoms with Crippen molar-refractivity contribution in [3.05, 3.63) is 23.8 Å². The third kappa shape index (κ3) is 4.21. The average molecular weight is 342 g/mol. The van der Waals surface area contributed by atoms with Crippen molar-refractivity contribution in [1.82, 2.24) is 9.62 Å². The molecule has 0 bridgehead atoms. The van der Waals surface area contributed by atoms with Crippen LogP contribution in [0.5, 0.6) is 5.75 Å². The topological polar surface area (TPSA) is 84.9 Å². The Morgan fingerprint density at radius 3 is 2.57 bits per heavy atom. The number of sulfonamides is 1. The minimum atomic E-state index is -3.78. The second kappa shape index (κ2) is 7.29.